The van der Waals surface area contributed by atoms with Crippen LogP contribution in [-0.4, -0.2) is 24.0 Å². The van der Waals surface area contributed by atoms with E-state index in [2.05, 4.69) is 32.9 Å². The first-order valence-corrected chi connectivity index (χ1v) is 6.84. The molecule has 5 heteroatoms. The van der Waals surface area contributed by atoms with Gasteiger partial charge in [-0.05, 0) is 36.8 Å². The van der Waals surface area contributed by atoms with Gasteiger partial charge in [-0.1, -0.05) is 6.07 Å². The Balaban J connectivity index is 1.62. The van der Waals surface area contributed by atoms with Crippen LogP contribution in [-0.2, 0) is 11.3 Å². The lowest BCUT2D eigenvalue weighted by atomic mass is 10.2. The Morgan fingerprint density at radius 2 is 2.16 bits per heavy atom. The molecular formula is C14H20N4O. The van der Waals surface area contributed by atoms with E-state index in [-0.39, 0.29) is 5.91 Å². The van der Waals surface area contributed by atoms with E-state index in [1.807, 2.05) is 6.92 Å². The van der Waals surface area contributed by atoms with Crippen molar-refractivity contribution in [2.24, 2.45) is 11.8 Å². The summed E-state index contributed by atoms with van der Waals surface area (Å²) in [6.45, 7) is 6.44. The molecule has 2 unspecified atom stereocenters. The number of fused-ring (bicyclic) bond motifs is 1. The van der Waals surface area contributed by atoms with Crippen LogP contribution in [0.15, 0.2) is 12.1 Å². The van der Waals surface area contributed by atoms with Crippen LogP contribution in [0.4, 0.5) is 5.82 Å². The monoisotopic (exact) mass is 260 g/mol. The second-order valence-electron chi connectivity index (χ2n) is 5.61. The van der Waals surface area contributed by atoms with Crippen molar-refractivity contribution in [2.45, 2.75) is 26.8 Å². The minimum atomic E-state index is -0.0847. The van der Waals surface area contributed by atoms with E-state index in [9.17, 15) is 4.79 Å². The third-order valence-electron chi connectivity index (χ3n) is 4.03. The maximum atomic E-state index is 10.8. The zero-order chi connectivity index (χ0) is 13.4. The molecule has 1 saturated heterocycles. The Hall–Kier alpha value is -1.62. The molecule has 1 aromatic heterocycles. The predicted octanol–water partition coefficient (Wildman–Crippen LogP) is 0.987. The second-order valence-corrected chi connectivity index (χ2v) is 5.61. The van der Waals surface area contributed by atoms with Crippen molar-refractivity contribution in [3.8, 4) is 0 Å². The minimum Gasteiger partial charge on any atom is -0.356 e. The van der Waals surface area contributed by atoms with Gasteiger partial charge < -0.3 is 4.90 Å². The first-order valence-electron chi connectivity index (χ1n) is 6.84. The molecule has 2 N–H and O–H groups in total. The highest BCUT2D eigenvalue weighted by molar-refractivity contribution is 5.72. The third kappa shape index (κ3) is 2.71. The molecular weight excluding hydrogens is 240 g/mol. The Labute approximate surface area is 113 Å². The Bertz CT molecular complexity index is 492. The Morgan fingerprint density at radius 1 is 1.42 bits per heavy atom. The summed E-state index contributed by atoms with van der Waals surface area (Å²) in [7, 11) is 0. The molecule has 1 amide bonds. The SMILES string of the molecule is CC(=O)NNCc1ccc(N2CC3CC3C2)nc1C. The number of nitrogens with one attached hydrogen (secondary N) is 2. The molecule has 0 spiro atoms. The lowest BCUT2D eigenvalue weighted by molar-refractivity contribution is -0.119. The number of hydrazine groups is 1. The summed E-state index contributed by atoms with van der Waals surface area (Å²) in [5.74, 6) is 2.85. The van der Waals surface area contributed by atoms with E-state index in [0.29, 0.717) is 6.54 Å². The lowest BCUT2D eigenvalue weighted by Crippen LogP contribution is -2.35. The number of hydrogen-bond acceptors (Lipinski definition) is 4. The van der Waals surface area contributed by atoms with E-state index in [1.165, 1.54) is 26.4 Å². The smallest absolute Gasteiger partial charge is 0.230 e. The fourth-order valence-corrected chi connectivity index (χ4v) is 2.79. The highest BCUT2D eigenvalue weighted by atomic mass is 16.2. The molecule has 0 radical (unpaired) electrons. The highest BCUT2D eigenvalue weighted by Crippen LogP contribution is 2.45. The molecule has 0 aromatic carbocycles. The van der Waals surface area contributed by atoms with E-state index < -0.39 is 0 Å². The molecule has 1 aliphatic heterocycles. The summed E-state index contributed by atoms with van der Waals surface area (Å²) >= 11 is 0. The van der Waals surface area contributed by atoms with E-state index >= 15 is 0 Å². The summed E-state index contributed by atoms with van der Waals surface area (Å²) in [6.07, 6.45) is 1.41. The van der Waals surface area contributed by atoms with Crippen LogP contribution >= 0.6 is 0 Å². The van der Waals surface area contributed by atoms with Crippen molar-refractivity contribution >= 4 is 11.7 Å². The standard InChI is InChI=1S/C14H20N4O/c1-9-11(6-15-17-10(2)19)3-4-14(16-9)18-7-12-5-13(12)8-18/h3-4,12-13,15H,5-8H2,1-2H3,(H,17,19). The van der Waals surface area contributed by atoms with Crippen LogP contribution in [0, 0.1) is 18.8 Å². The Morgan fingerprint density at radius 3 is 2.79 bits per heavy atom. The number of pyridine rings is 1. The number of carbonyl (C=O) groups excluding carboxylic acids is 1. The zero-order valence-electron chi connectivity index (χ0n) is 11.4. The predicted molar refractivity (Wildman–Crippen MR) is 73.4 cm³/mol. The van der Waals surface area contributed by atoms with Gasteiger partial charge in [0.1, 0.15) is 5.82 Å². The molecule has 5 nitrogen and oxygen atoms in total. The van der Waals surface area contributed by atoms with Crippen LogP contribution in [0.5, 0.6) is 0 Å². The second kappa shape index (κ2) is 4.81. The quantitative estimate of drug-likeness (QED) is 0.793. The number of nitrogens with zero attached hydrogens (tertiary/aromatic N) is 2. The van der Waals surface area contributed by atoms with Gasteiger partial charge in [-0.3, -0.25) is 10.2 Å². The van der Waals surface area contributed by atoms with Crippen LogP contribution in [0.25, 0.3) is 0 Å². The molecule has 1 saturated carbocycles. The average Bonchev–Trinajstić information content (AvgIpc) is 2.98. The summed E-state index contributed by atoms with van der Waals surface area (Å²) in [5, 5.41) is 0. The zero-order valence-corrected chi connectivity index (χ0v) is 11.4. The molecule has 2 fully saturated rings. The normalized spacial score (nSPS) is 24.2. The van der Waals surface area contributed by atoms with Crippen LogP contribution in [0.1, 0.15) is 24.6 Å². The largest absolute Gasteiger partial charge is 0.356 e. The van der Waals surface area contributed by atoms with Gasteiger partial charge in [0, 0.05) is 32.3 Å². The lowest BCUT2D eigenvalue weighted by Gasteiger charge is -2.20. The topological polar surface area (TPSA) is 57.3 Å². The van der Waals surface area contributed by atoms with Crippen molar-refractivity contribution in [3.05, 3.63) is 23.4 Å². The molecule has 2 heterocycles. The fraction of sp³-hybridized carbons (Fsp3) is 0.571. The first kappa shape index (κ1) is 12.4. The van der Waals surface area contributed by atoms with Crippen LogP contribution in [0.3, 0.4) is 0 Å². The van der Waals surface area contributed by atoms with Crippen molar-refractivity contribution < 1.29 is 4.79 Å². The van der Waals surface area contributed by atoms with Gasteiger partial charge in [-0.15, -0.1) is 0 Å². The Kier molecular flexibility index (Phi) is 3.14. The third-order valence-corrected chi connectivity index (χ3v) is 4.03. The van der Waals surface area contributed by atoms with E-state index in [4.69, 9.17) is 0 Å². The fourth-order valence-electron chi connectivity index (χ4n) is 2.79. The number of amides is 1. The summed E-state index contributed by atoms with van der Waals surface area (Å²) in [6, 6.07) is 4.18. The minimum absolute atomic E-state index is 0.0847. The van der Waals surface area contributed by atoms with Crippen LogP contribution in [0.2, 0.25) is 0 Å². The van der Waals surface area contributed by atoms with Crippen LogP contribution < -0.4 is 15.8 Å². The van der Waals surface area contributed by atoms with Gasteiger partial charge in [-0.2, -0.15) is 0 Å². The molecule has 2 atom stereocenters. The molecule has 2 aliphatic rings. The summed E-state index contributed by atoms with van der Waals surface area (Å²) in [5.41, 5.74) is 7.60. The number of anilines is 1. The number of carbonyl (C=O) groups is 1. The maximum absolute atomic E-state index is 10.8. The number of hydrogen-bond donors (Lipinski definition) is 2. The first-order chi connectivity index (χ1) is 9.13. The van der Waals surface area contributed by atoms with Gasteiger partial charge in [0.25, 0.3) is 0 Å². The highest BCUT2D eigenvalue weighted by Gasteiger charge is 2.45. The van der Waals surface area contributed by atoms with Gasteiger partial charge in [-0.25, -0.2) is 10.4 Å². The number of aromatic nitrogens is 1. The molecule has 19 heavy (non-hydrogen) atoms. The van der Waals surface area contributed by atoms with Crippen molar-refractivity contribution in [1.29, 1.82) is 0 Å². The number of aryl methyl sites for hydroxylation is 1. The van der Waals surface area contributed by atoms with Crippen molar-refractivity contribution in [3.63, 3.8) is 0 Å². The molecule has 0 bridgehead atoms. The van der Waals surface area contributed by atoms with E-state index in [1.54, 1.807) is 0 Å². The van der Waals surface area contributed by atoms with Gasteiger partial charge in [0.05, 0.1) is 0 Å². The maximum Gasteiger partial charge on any atom is 0.230 e. The number of piperidine rings is 1. The van der Waals surface area contributed by atoms with Crippen molar-refractivity contribution in [2.75, 3.05) is 18.0 Å². The van der Waals surface area contributed by atoms with Crippen molar-refractivity contribution in [1.82, 2.24) is 15.8 Å². The molecule has 1 aromatic rings. The summed E-state index contributed by atoms with van der Waals surface area (Å²) < 4.78 is 0. The van der Waals surface area contributed by atoms with Gasteiger partial charge in [0.2, 0.25) is 5.91 Å². The molecule has 3 rings (SSSR count). The molecule has 1 aliphatic carbocycles. The van der Waals surface area contributed by atoms with Gasteiger partial charge >= 0.3 is 0 Å². The average molecular weight is 260 g/mol. The van der Waals surface area contributed by atoms with Gasteiger partial charge in [0.15, 0.2) is 0 Å². The molecule has 102 valence electrons. The van der Waals surface area contributed by atoms with E-state index in [0.717, 1.165) is 28.9 Å². The summed E-state index contributed by atoms with van der Waals surface area (Å²) in [4.78, 5) is 17.9. The number of rotatable bonds is 4.